The molecule has 1 N–H and O–H groups in total. The van der Waals surface area contributed by atoms with Gasteiger partial charge in [0.25, 0.3) is 0 Å². The fourth-order valence-corrected chi connectivity index (χ4v) is 3.67. The van der Waals surface area contributed by atoms with Gasteiger partial charge >= 0.3 is 0 Å². The summed E-state index contributed by atoms with van der Waals surface area (Å²) >= 11 is 12.4. The number of nitrogens with zero attached hydrogens (tertiary/aromatic N) is 4. The lowest BCUT2D eigenvalue weighted by molar-refractivity contribution is 0.296. The van der Waals surface area contributed by atoms with Gasteiger partial charge in [-0.2, -0.15) is 0 Å². The number of nitrogens with one attached hydrogen (secondary N) is 1. The summed E-state index contributed by atoms with van der Waals surface area (Å²) in [6.07, 6.45) is 1.74. The van der Waals surface area contributed by atoms with Gasteiger partial charge in [0, 0.05) is 18.4 Å². The van der Waals surface area contributed by atoms with Gasteiger partial charge in [-0.15, -0.1) is 0 Å². The Bertz CT molecular complexity index is 1180. The van der Waals surface area contributed by atoms with Crippen molar-refractivity contribution < 1.29 is 0 Å². The molecule has 158 valence electrons. The Kier molecular flexibility index (Phi) is 6.66. The Morgan fingerprint density at radius 3 is 2.16 bits per heavy atom. The second-order valence-corrected chi connectivity index (χ2v) is 7.99. The van der Waals surface area contributed by atoms with Crippen LogP contribution >= 0.6 is 23.2 Å². The van der Waals surface area contributed by atoms with Crippen molar-refractivity contribution >= 4 is 45.7 Å². The molecule has 0 amide bonds. The van der Waals surface area contributed by atoms with E-state index in [0.717, 1.165) is 31.0 Å². The van der Waals surface area contributed by atoms with Gasteiger partial charge in [-0.05, 0) is 55.1 Å². The van der Waals surface area contributed by atoms with E-state index in [0.29, 0.717) is 32.6 Å². The lowest BCUT2D eigenvalue weighted by Gasteiger charge is -2.18. The molecule has 0 unspecified atom stereocenters. The summed E-state index contributed by atoms with van der Waals surface area (Å²) in [4.78, 5) is 16.4. The highest BCUT2D eigenvalue weighted by molar-refractivity contribution is 6.42. The highest BCUT2D eigenvalue weighted by Crippen LogP contribution is 2.32. The molecule has 0 saturated heterocycles. The maximum atomic E-state index is 6.20. The molecule has 0 aliphatic carbocycles. The van der Waals surface area contributed by atoms with Crippen molar-refractivity contribution in [2.45, 2.75) is 20.4 Å². The summed E-state index contributed by atoms with van der Waals surface area (Å²) in [6.45, 7) is 7.35. The summed E-state index contributed by atoms with van der Waals surface area (Å²) in [6, 6.07) is 17.5. The quantitative estimate of drug-likeness (QED) is 0.343. The topological polar surface area (TPSA) is 53.9 Å². The van der Waals surface area contributed by atoms with Crippen LogP contribution in [0.1, 0.15) is 19.4 Å². The molecule has 31 heavy (non-hydrogen) atoms. The lowest BCUT2D eigenvalue weighted by Crippen LogP contribution is -2.21. The third-order valence-electron chi connectivity index (χ3n) is 5.13. The number of pyridine rings is 1. The van der Waals surface area contributed by atoms with Gasteiger partial charge in [0.1, 0.15) is 5.69 Å². The Morgan fingerprint density at radius 1 is 0.871 bits per heavy atom. The normalized spacial score (nSPS) is 11.3. The second-order valence-electron chi connectivity index (χ2n) is 7.17. The minimum atomic E-state index is 0.444. The van der Waals surface area contributed by atoms with E-state index in [1.165, 1.54) is 5.56 Å². The van der Waals surface area contributed by atoms with Crippen molar-refractivity contribution in [1.29, 1.82) is 0 Å². The summed E-state index contributed by atoms with van der Waals surface area (Å²) in [5.41, 5.74) is 4.90. The van der Waals surface area contributed by atoms with Crippen LogP contribution in [0.25, 0.3) is 22.4 Å². The molecule has 0 bridgehead atoms. The zero-order chi connectivity index (χ0) is 21.8. The second kappa shape index (κ2) is 9.60. The van der Waals surface area contributed by atoms with E-state index >= 15 is 0 Å². The fourth-order valence-electron chi connectivity index (χ4n) is 3.36. The number of aromatic nitrogens is 3. The van der Waals surface area contributed by atoms with Crippen LogP contribution in [-0.2, 0) is 6.54 Å². The molecular weight excluding hydrogens is 429 g/mol. The molecule has 0 radical (unpaired) electrons. The first-order valence-electron chi connectivity index (χ1n) is 10.2. The zero-order valence-corrected chi connectivity index (χ0v) is 19.0. The molecule has 0 atom stereocenters. The molecule has 4 aromatic rings. The van der Waals surface area contributed by atoms with Crippen LogP contribution in [0.3, 0.4) is 0 Å². The van der Waals surface area contributed by atoms with Crippen LogP contribution in [0.15, 0.2) is 60.8 Å². The summed E-state index contributed by atoms with van der Waals surface area (Å²) < 4.78 is 0. The van der Waals surface area contributed by atoms with E-state index in [4.69, 9.17) is 33.2 Å². The number of anilines is 2. The van der Waals surface area contributed by atoms with Crippen molar-refractivity contribution in [2.24, 2.45) is 0 Å². The minimum absolute atomic E-state index is 0.444. The molecule has 0 aliphatic rings. The van der Waals surface area contributed by atoms with Crippen LogP contribution in [0, 0.1) is 0 Å². The Labute approximate surface area is 192 Å². The van der Waals surface area contributed by atoms with Crippen LogP contribution in [-0.4, -0.2) is 32.9 Å². The lowest BCUT2D eigenvalue weighted by atomic mass is 10.2. The Hall–Kier alpha value is -2.73. The molecule has 2 heterocycles. The first kappa shape index (κ1) is 21.5. The average molecular weight is 452 g/mol. The fraction of sp³-hybridized carbons (Fsp3) is 0.208. The number of benzene rings is 2. The van der Waals surface area contributed by atoms with E-state index in [1.54, 1.807) is 18.3 Å². The number of fused-ring (bicyclic) bond motifs is 1. The first-order chi connectivity index (χ1) is 15.1. The van der Waals surface area contributed by atoms with E-state index < -0.39 is 0 Å². The van der Waals surface area contributed by atoms with E-state index in [1.807, 2.05) is 18.2 Å². The third-order valence-corrected chi connectivity index (χ3v) is 5.85. The van der Waals surface area contributed by atoms with Crippen LogP contribution in [0.4, 0.5) is 11.5 Å². The molecule has 5 nitrogen and oxygen atoms in total. The number of rotatable bonds is 7. The molecule has 4 rings (SSSR count). The van der Waals surface area contributed by atoms with Gasteiger partial charge in [-0.25, -0.2) is 9.97 Å². The monoisotopic (exact) mass is 451 g/mol. The number of hydrogen-bond donors (Lipinski definition) is 1. The van der Waals surface area contributed by atoms with Crippen LogP contribution in [0.5, 0.6) is 0 Å². The van der Waals surface area contributed by atoms with Crippen LogP contribution < -0.4 is 5.32 Å². The van der Waals surface area contributed by atoms with E-state index in [9.17, 15) is 0 Å². The largest absolute Gasteiger partial charge is 0.338 e. The smallest absolute Gasteiger partial charge is 0.159 e. The molecule has 2 aromatic heterocycles. The summed E-state index contributed by atoms with van der Waals surface area (Å²) in [5, 5.41) is 4.29. The molecule has 0 spiro atoms. The maximum absolute atomic E-state index is 6.20. The van der Waals surface area contributed by atoms with Gasteiger partial charge in [-0.1, -0.05) is 55.2 Å². The van der Waals surface area contributed by atoms with Gasteiger partial charge in [0.05, 0.1) is 26.8 Å². The van der Waals surface area contributed by atoms with Crippen molar-refractivity contribution in [3.05, 3.63) is 76.4 Å². The standard InChI is InChI=1S/C24H23Cl2N5/c1-3-31(4-2)15-16-8-10-17(11-9-16)28-24-23(20-7-5-6-12-27-20)29-21-13-18(25)19(26)14-22(21)30-24/h5-14H,3-4,15H2,1-2H3,(H,28,30). The summed E-state index contributed by atoms with van der Waals surface area (Å²) in [7, 11) is 0. The van der Waals surface area contributed by atoms with Crippen molar-refractivity contribution in [3.8, 4) is 11.4 Å². The predicted octanol–water partition coefficient (Wildman–Crippen LogP) is 6.58. The van der Waals surface area contributed by atoms with Gasteiger partial charge in [-0.3, -0.25) is 9.88 Å². The molecule has 0 aliphatic heterocycles. The van der Waals surface area contributed by atoms with Gasteiger partial charge < -0.3 is 5.32 Å². The van der Waals surface area contributed by atoms with Crippen LogP contribution in [0.2, 0.25) is 10.0 Å². The molecule has 0 saturated carbocycles. The van der Waals surface area contributed by atoms with Crippen molar-refractivity contribution in [1.82, 2.24) is 19.9 Å². The third kappa shape index (κ3) is 4.96. The predicted molar refractivity (Wildman–Crippen MR) is 129 cm³/mol. The molecule has 0 fully saturated rings. The molecule has 7 heteroatoms. The Balaban J connectivity index is 1.71. The maximum Gasteiger partial charge on any atom is 0.159 e. The highest BCUT2D eigenvalue weighted by Gasteiger charge is 2.14. The summed E-state index contributed by atoms with van der Waals surface area (Å²) in [5.74, 6) is 0.612. The minimum Gasteiger partial charge on any atom is -0.338 e. The molecule has 2 aromatic carbocycles. The zero-order valence-electron chi connectivity index (χ0n) is 17.4. The van der Waals surface area contributed by atoms with E-state index in [2.05, 4.69) is 53.3 Å². The number of halogens is 2. The highest BCUT2D eigenvalue weighted by atomic mass is 35.5. The van der Waals surface area contributed by atoms with Crippen molar-refractivity contribution in [3.63, 3.8) is 0 Å². The number of hydrogen-bond acceptors (Lipinski definition) is 5. The first-order valence-corrected chi connectivity index (χ1v) is 11.0. The average Bonchev–Trinajstić information content (AvgIpc) is 2.80. The van der Waals surface area contributed by atoms with E-state index in [-0.39, 0.29) is 0 Å². The molecular formula is C24H23Cl2N5. The van der Waals surface area contributed by atoms with Gasteiger partial charge in [0.2, 0.25) is 0 Å². The van der Waals surface area contributed by atoms with Crippen molar-refractivity contribution in [2.75, 3.05) is 18.4 Å². The SMILES string of the molecule is CCN(CC)Cc1ccc(Nc2nc3cc(Cl)c(Cl)cc3nc2-c2ccccn2)cc1. The Morgan fingerprint density at radius 2 is 1.55 bits per heavy atom. The van der Waals surface area contributed by atoms with Gasteiger partial charge in [0.15, 0.2) is 5.82 Å².